The van der Waals surface area contributed by atoms with Gasteiger partial charge in [0.15, 0.2) is 0 Å². The highest BCUT2D eigenvalue weighted by atomic mass is 127. The molecule has 30 heavy (non-hydrogen) atoms. The lowest BCUT2D eigenvalue weighted by atomic mass is 9.44. The van der Waals surface area contributed by atoms with Gasteiger partial charge in [-0.05, 0) is 92.8 Å². The molecule has 0 aromatic carbocycles. The molecule has 2 nitrogen and oxygen atoms in total. The molecule has 0 aromatic heterocycles. The van der Waals surface area contributed by atoms with Crippen molar-refractivity contribution in [1.82, 2.24) is 0 Å². The number of nitrogens with zero attached hydrogens (tertiary/aromatic N) is 2. The van der Waals surface area contributed by atoms with Crippen LogP contribution in [0.15, 0.2) is 0 Å². The number of halogens is 1. The molecule has 4 rings (SSSR count). The lowest BCUT2D eigenvalue weighted by Gasteiger charge is -2.62. The molecule has 0 saturated heterocycles. The van der Waals surface area contributed by atoms with Gasteiger partial charge in [0.25, 0.3) is 0 Å². The molecule has 0 amide bonds. The van der Waals surface area contributed by atoms with E-state index in [1.54, 1.807) is 6.42 Å². The van der Waals surface area contributed by atoms with Gasteiger partial charge in [0.05, 0.1) is 54.4 Å². The van der Waals surface area contributed by atoms with E-state index >= 15 is 0 Å². The molecule has 3 heteroatoms. The number of quaternary nitrogens is 2. The van der Waals surface area contributed by atoms with Crippen molar-refractivity contribution in [1.29, 1.82) is 0 Å². The molecule has 0 bridgehead atoms. The predicted molar refractivity (Wildman–Crippen MR) is 125 cm³/mol. The summed E-state index contributed by atoms with van der Waals surface area (Å²) in [7, 11) is 14.6. The van der Waals surface area contributed by atoms with E-state index in [-0.39, 0.29) is 24.0 Å². The van der Waals surface area contributed by atoms with E-state index in [1.807, 2.05) is 0 Å². The van der Waals surface area contributed by atoms with Gasteiger partial charge in [-0.15, -0.1) is 0 Å². The van der Waals surface area contributed by atoms with Crippen molar-refractivity contribution < 1.29 is 32.9 Å². The van der Waals surface area contributed by atoms with E-state index in [0.29, 0.717) is 10.8 Å². The van der Waals surface area contributed by atoms with Crippen LogP contribution in [0.3, 0.4) is 0 Å². The first kappa shape index (κ1) is 25.3. The van der Waals surface area contributed by atoms with Crippen LogP contribution in [0, 0.1) is 40.4 Å². The first-order chi connectivity index (χ1) is 13.3. The van der Waals surface area contributed by atoms with Gasteiger partial charge >= 0.3 is 0 Å². The molecule has 4 fully saturated rings. The Bertz CT molecular complexity index is 619. The Kier molecular flexibility index (Phi) is 6.87. The standard InChI is InChI=1S/C27H52N2.HI/c1-19(28(4,5)6)23-12-13-24-22-11-10-20-18-21(29(7,8)9)14-16-26(20,2)25(22)15-17-27(23,24)3;/h19-25H,10-18H2,1-9H3;1H/q+2;/p-1/t19-,20-,21?,22-,23+,24-,25-,26-,27+;/m0./s1. The van der Waals surface area contributed by atoms with Gasteiger partial charge in [0, 0.05) is 12.3 Å². The molecule has 176 valence electrons. The zero-order valence-corrected chi connectivity index (χ0v) is 23.8. The summed E-state index contributed by atoms with van der Waals surface area (Å²) in [6.45, 7) is 8.01. The molecular formula is C27H52IN2+. The smallest absolute Gasteiger partial charge is 0.0889 e. The maximum Gasteiger partial charge on any atom is 0.0889 e. The summed E-state index contributed by atoms with van der Waals surface area (Å²) in [5.41, 5.74) is 1.24. The molecule has 0 N–H and O–H groups in total. The quantitative estimate of drug-likeness (QED) is 0.388. The first-order valence-corrected chi connectivity index (χ1v) is 12.9. The Morgan fingerprint density at radius 3 is 1.93 bits per heavy atom. The summed E-state index contributed by atoms with van der Waals surface area (Å²) in [4.78, 5) is 0. The maximum atomic E-state index is 2.74. The van der Waals surface area contributed by atoms with Crippen LogP contribution in [-0.2, 0) is 0 Å². The second-order valence-electron chi connectivity index (χ2n) is 14.3. The zero-order chi connectivity index (χ0) is 21.4. The number of hydrogen-bond acceptors (Lipinski definition) is 0. The van der Waals surface area contributed by atoms with Gasteiger partial charge in [-0.3, -0.25) is 0 Å². The van der Waals surface area contributed by atoms with Gasteiger partial charge in [0.1, 0.15) is 0 Å². The van der Waals surface area contributed by atoms with Crippen LogP contribution in [0.1, 0.15) is 78.6 Å². The third kappa shape index (κ3) is 3.93. The summed E-state index contributed by atoms with van der Waals surface area (Å²) >= 11 is 0. The average Bonchev–Trinajstić information content (AvgIpc) is 2.95. The Balaban J connectivity index is 0.00000256. The molecule has 4 aliphatic carbocycles. The van der Waals surface area contributed by atoms with Gasteiger partial charge in [-0.25, -0.2) is 0 Å². The maximum absolute atomic E-state index is 2.74. The zero-order valence-electron chi connectivity index (χ0n) is 21.7. The number of hydrogen-bond donors (Lipinski definition) is 0. The minimum atomic E-state index is 0. The van der Waals surface area contributed by atoms with Crippen LogP contribution in [0.2, 0.25) is 0 Å². The molecule has 4 aliphatic rings. The number of rotatable bonds is 3. The highest BCUT2D eigenvalue weighted by Crippen LogP contribution is 2.68. The molecule has 0 heterocycles. The first-order valence-electron chi connectivity index (χ1n) is 12.9. The van der Waals surface area contributed by atoms with E-state index in [1.165, 1.54) is 55.8 Å². The highest BCUT2D eigenvalue weighted by Gasteiger charge is 2.62. The van der Waals surface area contributed by atoms with Crippen molar-refractivity contribution in [3.63, 3.8) is 0 Å². The monoisotopic (exact) mass is 531 g/mol. The Morgan fingerprint density at radius 2 is 1.33 bits per heavy atom. The molecule has 0 spiro atoms. The Labute approximate surface area is 205 Å². The second kappa shape index (κ2) is 8.15. The Hall–Kier alpha value is 0.650. The molecule has 0 radical (unpaired) electrons. The molecular weight excluding hydrogens is 479 g/mol. The largest absolute Gasteiger partial charge is 1.00 e. The highest BCUT2D eigenvalue weighted by molar-refractivity contribution is 5.10. The van der Waals surface area contributed by atoms with Crippen LogP contribution in [-0.4, -0.2) is 63.3 Å². The summed E-state index contributed by atoms with van der Waals surface area (Å²) in [6, 6.07) is 1.67. The van der Waals surface area contributed by atoms with Gasteiger partial charge in [-0.2, -0.15) is 0 Å². The van der Waals surface area contributed by atoms with E-state index in [2.05, 4.69) is 63.1 Å². The molecule has 1 unspecified atom stereocenters. The molecule has 4 saturated carbocycles. The van der Waals surface area contributed by atoms with Crippen LogP contribution in [0.25, 0.3) is 0 Å². The fourth-order valence-corrected chi connectivity index (χ4v) is 9.31. The molecule has 0 aromatic rings. The van der Waals surface area contributed by atoms with Crippen molar-refractivity contribution in [2.24, 2.45) is 40.4 Å². The fourth-order valence-electron chi connectivity index (χ4n) is 9.31. The molecule has 0 aliphatic heterocycles. The summed E-state index contributed by atoms with van der Waals surface area (Å²) in [5, 5.41) is 0. The van der Waals surface area contributed by atoms with E-state index < -0.39 is 0 Å². The molecule has 9 atom stereocenters. The normalized spacial score (nSPS) is 47.5. The lowest BCUT2D eigenvalue weighted by molar-refractivity contribution is -0.899. The van der Waals surface area contributed by atoms with Gasteiger partial charge in [-0.1, -0.05) is 13.8 Å². The van der Waals surface area contributed by atoms with Crippen molar-refractivity contribution >= 4 is 0 Å². The van der Waals surface area contributed by atoms with E-state index in [0.717, 1.165) is 46.2 Å². The lowest BCUT2D eigenvalue weighted by Crippen LogP contribution is -3.00. The van der Waals surface area contributed by atoms with E-state index in [9.17, 15) is 0 Å². The van der Waals surface area contributed by atoms with Crippen molar-refractivity contribution in [2.75, 3.05) is 42.3 Å². The van der Waals surface area contributed by atoms with Crippen LogP contribution < -0.4 is 24.0 Å². The minimum Gasteiger partial charge on any atom is -1.00 e. The van der Waals surface area contributed by atoms with Crippen LogP contribution in [0.5, 0.6) is 0 Å². The topological polar surface area (TPSA) is 0 Å². The van der Waals surface area contributed by atoms with Gasteiger partial charge < -0.3 is 32.9 Å². The summed E-state index contributed by atoms with van der Waals surface area (Å²) in [5.74, 6) is 4.97. The van der Waals surface area contributed by atoms with Crippen molar-refractivity contribution in [3.05, 3.63) is 0 Å². The third-order valence-electron chi connectivity index (χ3n) is 11.6. The second-order valence-corrected chi connectivity index (χ2v) is 14.3. The van der Waals surface area contributed by atoms with Crippen LogP contribution >= 0.6 is 0 Å². The van der Waals surface area contributed by atoms with Crippen molar-refractivity contribution in [2.45, 2.75) is 90.6 Å². The van der Waals surface area contributed by atoms with E-state index in [4.69, 9.17) is 0 Å². The summed E-state index contributed by atoms with van der Waals surface area (Å²) in [6.07, 6.45) is 13.6. The number of fused-ring (bicyclic) bond motifs is 5. The Morgan fingerprint density at radius 1 is 0.733 bits per heavy atom. The van der Waals surface area contributed by atoms with Gasteiger partial charge in [0.2, 0.25) is 0 Å². The minimum absolute atomic E-state index is 0. The third-order valence-corrected chi connectivity index (χ3v) is 11.6. The SMILES string of the molecule is C[C@@H]([C@H]1CC[C@H]2[C@@H]3CC[C@H]4CC([N+](C)(C)C)CC[C@]4(C)[C@H]3CC[C@]12C)[N+](C)(C)C.[I-]. The predicted octanol–water partition coefficient (Wildman–Crippen LogP) is 2.82. The van der Waals surface area contributed by atoms with Crippen LogP contribution in [0.4, 0.5) is 0 Å². The van der Waals surface area contributed by atoms with Crippen molar-refractivity contribution in [3.8, 4) is 0 Å². The average molecular weight is 532 g/mol. The summed E-state index contributed by atoms with van der Waals surface area (Å²) < 4.78 is 2.30. The fraction of sp³-hybridized carbons (Fsp3) is 1.00.